The first kappa shape index (κ1) is 14.1. The minimum atomic E-state index is 0.499. The summed E-state index contributed by atoms with van der Waals surface area (Å²) in [5, 5.41) is 11.1. The maximum Gasteiger partial charge on any atom is 0.153 e. The highest BCUT2D eigenvalue weighted by atomic mass is 15.1. The Morgan fingerprint density at radius 3 is 2.67 bits per heavy atom. The Balaban J connectivity index is 1.69. The number of nitrogens with two attached hydrogens (primary N) is 2. The Bertz CT molecular complexity index is 1020. The van der Waals surface area contributed by atoms with Gasteiger partial charge in [0.15, 0.2) is 5.82 Å². The van der Waals surface area contributed by atoms with Crippen molar-refractivity contribution in [3.8, 4) is 11.1 Å². The average Bonchev–Trinajstić information content (AvgIpc) is 2.96. The summed E-state index contributed by atoms with van der Waals surface area (Å²) in [6.07, 6.45) is 1.77. The first-order valence-corrected chi connectivity index (χ1v) is 7.52. The van der Waals surface area contributed by atoms with Crippen molar-refractivity contribution < 1.29 is 0 Å². The highest BCUT2D eigenvalue weighted by Crippen LogP contribution is 2.28. The molecule has 6 heteroatoms. The van der Waals surface area contributed by atoms with E-state index in [0.717, 1.165) is 33.5 Å². The topological polar surface area (TPSA) is 106 Å². The van der Waals surface area contributed by atoms with E-state index in [4.69, 9.17) is 11.5 Å². The Labute approximate surface area is 138 Å². The second kappa shape index (κ2) is 5.58. The number of hydrogen-bond acceptors (Lipinski definition) is 5. The van der Waals surface area contributed by atoms with Gasteiger partial charge in [-0.05, 0) is 53.6 Å². The van der Waals surface area contributed by atoms with Gasteiger partial charge in [-0.2, -0.15) is 5.10 Å². The Morgan fingerprint density at radius 1 is 0.917 bits per heavy atom. The third-order valence-electron chi connectivity index (χ3n) is 3.84. The summed E-state index contributed by atoms with van der Waals surface area (Å²) in [6, 6.07) is 17.5. The van der Waals surface area contributed by atoms with Gasteiger partial charge in [-0.25, -0.2) is 4.98 Å². The van der Waals surface area contributed by atoms with Crippen LogP contribution >= 0.6 is 0 Å². The van der Waals surface area contributed by atoms with Crippen LogP contribution in [0.3, 0.4) is 0 Å². The van der Waals surface area contributed by atoms with Gasteiger partial charge in [-0.15, -0.1) is 0 Å². The molecule has 2 heterocycles. The number of aromatic nitrogens is 3. The number of hydrogen-bond donors (Lipinski definition) is 4. The lowest BCUT2D eigenvalue weighted by molar-refractivity contribution is 1.13. The molecule has 4 aromatic rings. The molecule has 6 nitrogen and oxygen atoms in total. The number of nitrogens with one attached hydrogen (secondary N) is 2. The molecule has 24 heavy (non-hydrogen) atoms. The maximum atomic E-state index is 5.89. The summed E-state index contributed by atoms with van der Waals surface area (Å²) >= 11 is 0. The molecule has 4 rings (SSSR count). The van der Waals surface area contributed by atoms with Gasteiger partial charge in [0.25, 0.3) is 0 Å². The normalized spacial score (nSPS) is 10.8. The van der Waals surface area contributed by atoms with Gasteiger partial charge in [0.2, 0.25) is 0 Å². The van der Waals surface area contributed by atoms with E-state index in [1.165, 1.54) is 0 Å². The van der Waals surface area contributed by atoms with Gasteiger partial charge in [0.1, 0.15) is 5.82 Å². The minimum absolute atomic E-state index is 0.499. The number of nitrogen functional groups attached to an aromatic ring is 2. The van der Waals surface area contributed by atoms with Crippen molar-refractivity contribution >= 4 is 33.9 Å². The lowest BCUT2D eigenvalue weighted by atomic mass is 10.0. The smallest absolute Gasteiger partial charge is 0.153 e. The molecule has 0 fully saturated rings. The van der Waals surface area contributed by atoms with Crippen LogP contribution in [0.5, 0.6) is 0 Å². The van der Waals surface area contributed by atoms with Crippen LogP contribution in [0.15, 0.2) is 60.8 Å². The second-order valence-corrected chi connectivity index (χ2v) is 5.55. The number of benzene rings is 2. The molecule has 0 aliphatic carbocycles. The number of H-pyrrole nitrogens is 1. The van der Waals surface area contributed by atoms with Crippen LogP contribution < -0.4 is 16.8 Å². The maximum absolute atomic E-state index is 5.89. The number of rotatable bonds is 3. The quantitative estimate of drug-likeness (QED) is 0.433. The van der Waals surface area contributed by atoms with E-state index < -0.39 is 0 Å². The Hall–Kier alpha value is -3.54. The molecule has 2 aromatic carbocycles. The van der Waals surface area contributed by atoms with Gasteiger partial charge in [-0.1, -0.05) is 12.1 Å². The van der Waals surface area contributed by atoms with Crippen LogP contribution in [-0.4, -0.2) is 15.2 Å². The van der Waals surface area contributed by atoms with Gasteiger partial charge in [-0.3, -0.25) is 5.10 Å². The van der Waals surface area contributed by atoms with E-state index in [9.17, 15) is 0 Å². The van der Waals surface area contributed by atoms with Crippen molar-refractivity contribution in [1.29, 1.82) is 0 Å². The van der Waals surface area contributed by atoms with Crippen LogP contribution in [0.2, 0.25) is 0 Å². The molecule has 0 unspecified atom stereocenters. The first-order valence-electron chi connectivity index (χ1n) is 7.52. The number of nitrogens with zero attached hydrogens (tertiary/aromatic N) is 2. The molecule has 0 spiro atoms. The van der Waals surface area contributed by atoms with Crippen LogP contribution in [0.4, 0.5) is 23.0 Å². The zero-order chi connectivity index (χ0) is 16.5. The van der Waals surface area contributed by atoms with Crippen molar-refractivity contribution in [2.75, 3.05) is 16.8 Å². The third-order valence-corrected chi connectivity index (χ3v) is 3.84. The number of fused-ring (bicyclic) bond motifs is 1. The Morgan fingerprint density at radius 2 is 1.79 bits per heavy atom. The van der Waals surface area contributed by atoms with Crippen LogP contribution in [0, 0.1) is 0 Å². The highest BCUT2D eigenvalue weighted by molar-refractivity contribution is 5.92. The summed E-state index contributed by atoms with van der Waals surface area (Å²) in [5.41, 5.74) is 16.3. The molecule has 0 saturated carbocycles. The van der Waals surface area contributed by atoms with Crippen molar-refractivity contribution in [2.45, 2.75) is 0 Å². The summed E-state index contributed by atoms with van der Waals surface area (Å²) in [7, 11) is 0. The van der Waals surface area contributed by atoms with Crippen molar-refractivity contribution in [1.82, 2.24) is 15.2 Å². The molecule has 0 atom stereocenters. The molecular formula is C18H16N6. The summed E-state index contributed by atoms with van der Waals surface area (Å²) in [4.78, 5) is 4.36. The summed E-state index contributed by atoms with van der Waals surface area (Å²) in [6.45, 7) is 0. The van der Waals surface area contributed by atoms with Gasteiger partial charge >= 0.3 is 0 Å². The van der Waals surface area contributed by atoms with E-state index >= 15 is 0 Å². The monoisotopic (exact) mass is 316 g/mol. The SMILES string of the molecule is Nc1cccc(Nc2cc(-c3ccc4[nH]nc(N)c4c3)ccn2)c1. The average molecular weight is 316 g/mol. The molecular weight excluding hydrogens is 300 g/mol. The largest absolute Gasteiger partial charge is 0.399 e. The minimum Gasteiger partial charge on any atom is -0.399 e. The Kier molecular flexibility index (Phi) is 3.28. The number of anilines is 4. The van der Waals surface area contributed by atoms with E-state index in [0.29, 0.717) is 11.5 Å². The molecule has 118 valence electrons. The lowest BCUT2D eigenvalue weighted by Crippen LogP contribution is -1.95. The number of aromatic amines is 1. The molecule has 0 saturated heterocycles. The van der Waals surface area contributed by atoms with Gasteiger partial charge in [0, 0.05) is 23.0 Å². The standard InChI is InChI=1S/C18H16N6/c19-13-2-1-3-14(10-13)22-17-9-12(6-7-21-17)11-4-5-16-15(8-11)18(20)24-23-16/h1-10H,19H2,(H,21,22)(H3,20,23,24). The predicted molar refractivity (Wildman–Crippen MR) is 97.9 cm³/mol. The van der Waals surface area contributed by atoms with Crippen molar-refractivity contribution in [3.63, 3.8) is 0 Å². The molecule has 0 bridgehead atoms. The molecule has 6 N–H and O–H groups in total. The third kappa shape index (κ3) is 2.61. The molecule has 0 aliphatic heterocycles. The van der Waals surface area contributed by atoms with E-state index in [-0.39, 0.29) is 0 Å². The molecule has 0 amide bonds. The lowest BCUT2D eigenvalue weighted by Gasteiger charge is -2.08. The fourth-order valence-electron chi connectivity index (χ4n) is 2.66. The molecule has 0 radical (unpaired) electrons. The first-order chi connectivity index (χ1) is 11.7. The predicted octanol–water partition coefficient (Wildman–Crippen LogP) is 3.53. The zero-order valence-corrected chi connectivity index (χ0v) is 12.8. The van der Waals surface area contributed by atoms with Crippen LogP contribution in [0.1, 0.15) is 0 Å². The van der Waals surface area contributed by atoms with Gasteiger partial charge < -0.3 is 16.8 Å². The van der Waals surface area contributed by atoms with Crippen molar-refractivity contribution in [3.05, 3.63) is 60.8 Å². The van der Waals surface area contributed by atoms with Crippen LogP contribution in [-0.2, 0) is 0 Å². The highest BCUT2D eigenvalue weighted by Gasteiger charge is 2.06. The summed E-state index contributed by atoms with van der Waals surface area (Å²) in [5.74, 6) is 1.25. The van der Waals surface area contributed by atoms with E-state index in [2.05, 4.69) is 20.5 Å². The fraction of sp³-hybridized carbons (Fsp3) is 0. The summed E-state index contributed by atoms with van der Waals surface area (Å²) < 4.78 is 0. The fourth-order valence-corrected chi connectivity index (χ4v) is 2.66. The van der Waals surface area contributed by atoms with Gasteiger partial charge in [0.05, 0.1) is 5.52 Å². The van der Waals surface area contributed by atoms with Crippen LogP contribution in [0.25, 0.3) is 22.0 Å². The number of pyridine rings is 1. The molecule has 0 aliphatic rings. The zero-order valence-electron chi connectivity index (χ0n) is 12.8. The molecule has 2 aromatic heterocycles. The van der Waals surface area contributed by atoms with Crippen molar-refractivity contribution in [2.24, 2.45) is 0 Å². The second-order valence-electron chi connectivity index (χ2n) is 5.55. The van der Waals surface area contributed by atoms with E-state index in [1.807, 2.05) is 54.6 Å². The van der Waals surface area contributed by atoms with E-state index in [1.54, 1.807) is 6.20 Å².